The van der Waals surface area contributed by atoms with Gasteiger partial charge in [0, 0.05) is 5.39 Å². The number of carbonyl (C=O) groups is 2. The normalized spacial score (nSPS) is 11.7. The molecule has 3 rings (SSSR count). The van der Waals surface area contributed by atoms with Crippen molar-refractivity contribution in [2.24, 2.45) is 0 Å². The second-order valence-corrected chi connectivity index (χ2v) is 6.39. The summed E-state index contributed by atoms with van der Waals surface area (Å²) in [5.74, 6) is -0.740. The second kappa shape index (κ2) is 7.96. The summed E-state index contributed by atoms with van der Waals surface area (Å²) in [6.07, 6.45) is -0.853. The van der Waals surface area contributed by atoms with Crippen molar-refractivity contribution in [2.45, 2.75) is 26.9 Å². The molecule has 0 bridgehead atoms. The summed E-state index contributed by atoms with van der Waals surface area (Å²) < 4.78 is 10.8. The van der Waals surface area contributed by atoms with E-state index >= 15 is 0 Å². The number of aryl methyl sites for hydroxylation is 1. The van der Waals surface area contributed by atoms with Crippen molar-refractivity contribution in [3.63, 3.8) is 0 Å². The van der Waals surface area contributed by atoms with Gasteiger partial charge >= 0.3 is 5.63 Å². The van der Waals surface area contributed by atoms with Crippen LogP contribution in [0.3, 0.4) is 0 Å². The van der Waals surface area contributed by atoms with Crippen LogP contribution in [0.2, 0.25) is 0 Å². The van der Waals surface area contributed by atoms with Crippen LogP contribution in [0, 0.1) is 13.8 Å². The molecule has 0 aliphatic rings. The van der Waals surface area contributed by atoms with Crippen LogP contribution in [-0.4, -0.2) is 17.9 Å². The molecular formula is C21H20N2O5. The van der Waals surface area contributed by atoms with Crippen molar-refractivity contribution in [1.82, 2.24) is 10.9 Å². The zero-order valence-electron chi connectivity index (χ0n) is 15.7. The molecule has 7 heteroatoms. The average molecular weight is 380 g/mol. The van der Waals surface area contributed by atoms with E-state index in [2.05, 4.69) is 10.9 Å². The SMILES string of the molecule is Cc1cccc(O[C@H](C)C(=O)NNC(=O)c2cc3ccccc3oc2=O)c1C. The number of rotatable bonds is 4. The molecule has 0 fully saturated rings. The van der Waals surface area contributed by atoms with Gasteiger partial charge in [0.1, 0.15) is 16.9 Å². The first kappa shape index (κ1) is 19.2. The molecular weight excluding hydrogens is 360 g/mol. The van der Waals surface area contributed by atoms with Gasteiger partial charge in [0.2, 0.25) is 0 Å². The first-order valence-corrected chi connectivity index (χ1v) is 8.73. The van der Waals surface area contributed by atoms with Crippen molar-refractivity contribution in [3.05, 3.63) is 75.6 Å². The average Bonchev–Trinajstić information content (AvgIpc) is 2.68. The molecule has 1 aromatic heterocycles. The second-order valence-electron chi connectivity index (χ2n) is 6.39. The Labute approximate surface area is 161 Å². The van der Waals surface area contributed by atoms with Crippen molar-refractivity contribution in [2.75, 3.05) is 0 Å². The molecule has 0 saturated carbocycles. The minimum atomic E-state index is -0.853. The molecule has 3 aromatic rings. The van der Waals surface area contributed by atoms with Crippen LogP contribution in [0.1, 0.15) is 28.4 Å². The molecule has 7 nitrogen and oxygen atoms in total. The lowest BCUT2D eigenvalue weighted by atomic mass is 10.1. The highest BCUT2D eigenvalue weighted by Crippen LogP contribution is 2.21. The fourth-order valence-corrected chi connectivity index (χ4v) is 2.60. The number of hydrazine groups is 1. The first-order valence-electron chi connectivity index (χ1n) is 8.73. The lowest BCUT2D eigenvalue weighted by Crippen LogP contribution is -2.48. The fourth-order valence-electron chi connectivity index (χ4n) is 2.60. The van der Waals surface area contributed by atoms with Crippen LogP contribution < -0.4 is 21.2 Å². The lowest BCUT2D eigenvalue weighted by molar-refractivity contribution is -0.128. The number of hydrogen-bond acceptors (Lipinski definition) is 5. The van der Waals surface area contributed by atoms with E-state index in [0.29, 0.717) is 16.7 Å². The summed E-state index contributed by atoms with van der Waals surface area (Å²) in [6, 6.07) is 13.8. The number of amides is 2. The number of nitrogens with one attached hydrogen (secondary N) is 2. The summed E-state index contributed by atoms with van der Waals surface area (Å²) in [7, 11) is 0. The standard InChI is InChI=1S/C21H20N2O5/c1-12-7-6-10-17(13(12)2)27-14(3)19(24)22-23-20(25)16-11-15-8-4-5-9-18(15)28-21(16)26/h4-11,14H,1-3H3,(H,22,24)(H,23,25)/t14-/m1/s1. The Morgan fingerprint density at radius 1 is 1.04 bits per heavy atom. The smallest absolute Gasteiger partial charge is 0.349 e. The first-order chi connectivity index (χ1) is 13.4. The minimum Gasteiger partial charge on any atom is -0.481 e. The molecule has 2 N–H and O–H groups in total. The van der Waals surface area contributed by atoms with E-state index in [1.165, 1.54) is 6.07 Å². The van der Waals surface area contributed by atoms with E-state index in [4.69, 9.17) is 9.15 Å². The molecule has 2 aromatic carbocycles. The summed E-state index contributed by atoms with van der Waals surface area (Å²) in [4.78, 5) is 36.5. The van der Waals surface area contributed by atoms with E-state index in [1.807, 2.05) is 26.0 Å². The summed E-state index contributed by atoms with van der Waals surface area (Å²) in [5, 5.41) is 0.602. The van der Waals surface area contributed by atoms with Gasteiger partial charge in [-0.1, -0.05) is 30.3 Å². The Morgan fingerprint density at radius 2 is 1.79 bits per heavy atom. The molecule has 1 heterocycles. The molecule has 1 atom stereocenters. The van der Waals surface area contributed by atoms with Gasteiger partial charge in [-0.25, -0.2) is 4.79 Å². The summed E-state index contributed by atoms with van der Waals surface area (Å²) in [5.41, 5.74) is 5.84. The van der Waals surface area contributed by atoms with Gasteiger partial charge in [0.15, 0.2) is 6.10 Å². The van der Waals surface area contributed by atoms with Crippen LogP contribution in [0.5, 0.6) is 5.75 Å². The maximum Gasteiger partial charge on any atom is 0.349 e. The zero-order valence-corrected chi connectivity index (χ0v) is 15.7. The number of ether oxygens (including phenoxy) is 1. The van der Waals surface area contributed by atoms with Crippen LogP contribution in [0.15, 0.2) is 57.7 Å². The van der Waals surface area contributed by atoms with Gasteiger partial charge in [0.25, 0.3) is 11.8 Å². The highest BCUT2D eigenvalue weighted by atomic mass is 16.5. The third kappa shape index (κ3) is 4.03. The molecule has 0 saturated heterocycles. The van der Waals surface area contributed by atoms with Crippen LogP contribution in [0.4, 0.5) is 0 Å². The van der Waals surface area contributed by atoms with Crippen LogP contribution in [-0.2, 0) is 4.79 Å². The zero-order chi connectivity index (χ0) is 20.3. The highest BCUT2D eigenvalue weighted by Gasteiger charge is 2.19. The van der Waals surface area contributed by atoms with Gasteiger partial charge < -0.3 is 9.15 Å². The van der Waals surface area contributed by atoms with Gasteiger partial charge in [0.05, 0.1) is 0 Å². The number of carbonyl (C=O) groups excluding carboxylic acids is 2. The Bertz CT molecular complexity index is 1100. The van der Waals surface area contributed by atoms with Crippen molar-refractivity contribution < 1.29 is 18.7 Å². The lowest BCUT2D eigenvalue weighted by Gasteiger charge is -2.17. The third-order valence-corrected chi connectivity index (χ3v) is 4.41. The molecule has 144 valence electrons. The van der Waals surface area contributed by atoms with E-state index < -0.39 is 23.5 Å². The molecule has 0 unspecified atom stereocenters. The molecule has 28 heavy (non-hydrogen) atoms. The maximum absolute atomic E-state index is 12.3. The maximum atomic E-state index is 12.3. The summed E-state index contributed by atoms with van der Waals surface area (Å²) >= 11 is 0. The van der Waals surface area contributed by atoms with E-state index in [-0.39, 0.29) is 5.56 Å². The number of para-hydroxylation sites is 1. The molecule has 0 radical (unpaired) electrons. The minimum absolute atomic E-state index is 0.206. The monoisotopic (exact) mass is 380 g/mol. The fraction of sp³-hybridized carbons (Fsp3) is 0.190. The Kier molecular flexibility index (Phi) is 5.44. The summed E-state index contributed by atoms with van der Waals surface area (Å²) in [6.45, 7) is 5.41. The largest absolute Gasteiger partial charge is 0.481 e. The van der Waals surface area contributed by atoms with Gasteiger partial charge in [-0.15, -0.1) is 0 Å². The van der Waals surface area contributed by atoms with Gasteiger partial charge in [-0.3, -0.25) is 20.4 Å². The highest BCUT2D eigenvalue weighted by molar-refractivity contribution is 5.97. The molecule has 0 aliphatic carbocycles. The van der Waals surface area contributed by atoms with Crippen molar-refractivity contribution >= 4 is 22.8 Å². The number of benzene rings is 2. The van der Waals surface area contributed by atoms with Crippen molar-refractivity contribution in [1.29, 1.82) is 0 Å². The van der Waals surface area contributed by atoms with Crippen LogP contribution >= 0.6 is 0 Å². The van der Waals surface area contributed by atoms with Gasteiger partial charge in [-0.2, -0.15) is 0 Å². The Balaban J connectivity index is 1.65. The topological polar surface area (TPSA) is 97.6 Å². The molecule has 2 amide bonds. The number of fused-ring (bicyclic) bond motifs is 1. The third-order valence-electron chi connectivity index (χ3n) is 4.41. The van der Waals surface area contributed by atoms with E-state index in [0.717, 1.165) is 11.1 Å². The predicted octanol–water partition coefficient (Wildman–Crippen LogP) is 2.64. The van der Waals surface area contributed by atoms with E-state index in [1.54, 1.807) is 37.3 Å². The van der Waals surface area contributed by atoms with Crippen LogP contribution in [0.25, 0.3) is 11.0 Å². The number of hydrogen-bond donors (Lipinski definition) is 2. The van der Waals surface area contributed by atoms with E-state index in [9.17, 15) is 14.4 Å². The Morgan fingerprint density at radius 3 is 2.57 bits per heavy atom. The molecule has 0 spiro atoms. The Hall–Kier alpha value is -3.61. The van der Waals surface area contributed by atoms with Crippen molar-refractivity contribution in [3.8, 4) is 5.75 Å². The predicted molar refractivity (Wildman–Crippen MR) is 104 cm³/mol. The quantitative estimate of drug-likeness (QED) is 0.536. The van der Waals surface area contributed by atoms with Gasteiger partial charge in [-0.05, 0) is 50.1 Å². The molecule has 0 aliphatic heterocycles.